The molecule has 1 saturated heterocycles. The molecule has 2 rings (SSSR count). The Balaban J connectivity index is 2.01. The molecule has 1 aliphatic heterocycles. The highest BCUT2D eigenvalue weighted by Crippen LogP contribution is 2.09. The molecule has 6 heteroatoms. The number of carbonyl (C=O) groups is 1. The van der Waals surface area contributed by atoms with Crippen LogP contribution in [0.15, 0.2) is 10.6 Å². The first-order chi connectivity index (χ1) is 7.81. The summed E-state index contributed by atoms with van der Waals surface area (Å²) in [6, 6.07) is 1.61. The van der Waals surface area contributed by atoms with E-state index in [0.29, 0.717) is 44.4 Å². The maximum Gasteiger partial charge on any atom is 0.276 e. The lowest BCUT2D eigenvalue weighted by atomic mass is 10.3. The average Bonchev–Trinajstić information content (AvgIpc) is 2.78. The standard InChI is InChI=1S/C10H14N2O4/c1-14-7-8-6-9(11-16-8)10(13)12-2-4-15-5-3-12/h6H,2-5,7H2,1H3. The molecule has 0 atom stereocenters. The van der Waals surface area contributed by atoms with Gasteiger partial charge < -0.3 is 18.9 Å². The van der Waals surface area contributed by atoms with Crippen molar-refractivity contribution < 1.29 is 18.8 Å². The zero-order valence-electron chi connectivity index (χ0n) is 9.14. The summed E-state index contributed by atoms with van der Waals surface area (Å²) in [5.41, 5.74) is 0.328. The van der Waals surface area contributed by atoms with Crippen LogP contribution in [-0.2, 0) is 16.1 Å². The van der Waals surface area contributed by atoms with Crippen molar-refractivity contribution >= 4 is 5.91 Å². The molecule has 1 aliphatic rings. The summed E-state index contributed by atoms with van der Waals surface area (Å²) in [5.74, 6) is 0.438. The Morgan fingerprint density at radius 1 is 1.56 bits per heavy atom. The largest absolute Gasteiger partial charge is 0.378 e. The summed E-state index contributed by atoms with van der Waals surface area (Å²) < 4.78 is 15.0. The predicted molar refractivity (Wildman–Crippen MR) is 53.9 cm³/mol. The van der Waals surface area contributed by atoms with Crippen LogP contribution >= 0.6 is 0 Å². The Morgan fingerprint density at radius 3 is 3.00 bits per heavy atom. The van der Waals surface area contributed by atoms with Gasteiger partial charge in [-0.3, -0.25) is 4.79 Å². The third-order valence-corrected chi connectivity index (χ3v) is 2.36. The number of carbonyl (C=O) groups excluding carboxylic acids is 1. The van der Waals surface area contributed by atoms with Crippen LogP contribution < -0.4 is 0 Å². The highest BCUT2D eigenvalue weighted by molar-refractivity contribution is 5.92. The van der Waals surface area contributed by atoms with E-state index >= 15 is 0 Å². The van der Waals surface area contributed by atoms with Crippen molar-refractivity contribution in [3.8, 4) is 0 Å². The summed E-state index contributed by atoms with van der Waals surface area (Å²) >= 11 is 0. The van der Waals surface area contributed by atoms with E-state index in [4.69, 9.17) is 14.0 Å². The maximum absolute atomic E-state index is 11.9. The topological polar surface area (TPSA) is 64.8 Å². The van der Waals surface area contributed by atoms with Crippen LogP contribution in [0.25, 0.3) is 0 Å². The number of aromatic nitrogens is 1. The number of ether oxygens (including phenoxy) is 2. The molecule has 0 aliphatic carbocycles. The summed E-state index contributed by atoms with van der Waals surface area (Å²) in [6.45, 7) is 2.68. The number of hydrogen-bond acceptors (Lipinski definition) is 5. The molecule has 0 radical (unpaired) electrons. The molecule has 1 aromatic heterocycles. The van der Waals surface area contributed by atoms with E-state index in [1.165, 1.54) is 0 Å². The van der Waals surface area contributed by atoms with Crippen molar-refractivity contribution in [1.82, 2.24) is 10.1 Å². The second kappa shape index (κ2) is 5.09. The van der Waals surface area contributed by atoms with Crippen LogP contribution in [0.3, 0.4) is 0 Å². The van der Waals surface area contributed by atoms with Crippen molar-refractivity contribution in [3.05, 3.63) is 17.5 Å². The number of hydrogen-bond donors (Lipinski definition) is 0. The van der Waals surface area contributed by atoms with Gasteiger partial charge in [0.1, 0.15) is 6.61 Å². The first kappa shape index (κ1) is 11.1. The zero-order valence-corrected chi connectivity index (χ0v) is 9.14. The van der Waals surface area contributed by atoms with Gasteiger partial charge in [-0.15, -0.1) is 0 Å². The molecule has 0 aromatic carbocycles. The predicted octanol–water partition coefficient (Wildman–Crippen LogP) is 0.293. The number of amides is 1. The normalized spacial score (nSPS) is 16.4. The third-order valence-electron chi connectivity index (χ3n) is 2.36. The van der Waals surface area contributed by atoms with Crippen molar-refractivity contribution in [2.75, 3.05) is 33.4 Å². The molecule has 0 unspecified atom stereocenters. The first-order valence-corrected chi connectivity index (χ1v) is 5.13. The second-order valence-corrected chi connectivity index (χ2v) is 3.52. The van der Waals surface area contributed by atoms with Crippen molar-refractivity contribution in [2.24, 2.45) is 0 Å². The van der Waals surface area contributed by atoms with Crippen LogP contribution in [0, 0.1) is 0 Å². The minimum Gasteiger partial charge on any atom is -0.378 e. The molecule has 88 valence electrons. The van der Waals surface area contributed by atoms with Gasteiger partial charge in [0.2, 0.25) is 0 Å². The summed E-state index contributed by atoms with van der Waals surface area (Å²) in [4.78, 5) is 13.6. The summed E-state index contributed by atoms with van der Waals surface area (Å²) in [5, 5.41) is 3.72. The van der Waals surface area contributed by atoms with E-state index in [1.54, 1.807) is 18.1 Å². The molecule has 0 bridgehead atoms. The molecule has 0 spiro atoms. The summed E-state index contributed by atoms with van der Waals surface area (Å²) in [7, 11) is 1.56. The molecular formula is C10H14N2O4. The van der Waals surface area contributed by atoms with Gasteiger partial charge in [-0.1, -0.05) is 5.16 Å². The zero-order chi connectivity index (χ0) is 11.4. The van der Waals surface area contributed by atoms with Crippen molar-refractivity contribution in [1.29, 1.82) is 0 Å². The van der Waals surface area contributed by atoms with Gasteiger partial charge >= 0.3 is 0 Å². The lowest BCUT2D eigenvalue weighted by Gasteiger charge is -2.25. The SMILES string of the molecule is COCc1cc(C(=O)N2CCOCC2)no1. The second-order valence-electron chi connectivity index (χ2n) is 3.52. The number of methoxy groups -OCH3 is 1. The maximum atomic E-state index is 11.9. The van der Waals surface area contributed by atoms with Crippen LogP contribution in [0.1, 0.15) is 16.2 Å². The monoisotopic (exact) mass is 226 g/mol. The molecule has 6 nitrogen and oxygen atoms in total. The molecule has 0 saturated carbocycles. The number of rotatable bonds is 3. The first-order valence-electron chi connectivity index (χ1n) is 5.13. The van der Waals surface area contributed by atoms with Crippen LogP contribution in [0.5, 0.6) is 0 Å². The molecule has 1 amide bonds. The van der Waals surface area contributed by atoms with Crippen molar-refractivity contribution in [2.45, 2.75) is 6.61 Å². The van der Waals surface area contributed by atoms with Gasteiger partial charge in [-0.25, -0.2) is 0 Å². The Kier molecular flexibility index (Phi) is 3.53. The molecule has 16 heavy (non-hydrogen) atoms. The Hall–Kier alpha value is -1.40. The van der Waals surface area contributed by atoms with Gasteiger partial charge in [-0.2, -0.15) is 0 Å². The van der Waals surface area contributed by atoms with Gasteiger partial charge in [-0.05, 0) is 0 Å². The van der Waals surface area contributed by atoms with Gasteiger partial charge in [0.05, 0.1) is 13.2 Å². The van der Waals surface area contributed by atoms with E-state index in [-0.39, 0.29) is 5.91 Å². The lowest BCUT2D eigenvalue weighted by Crippen LogP contribution is -2.40. The van der Waals surface area contributed by atoms with E-state index in [0.717, 1.165) is 0 Å². The minimum absolute atomic E-state index is 0.116. The number of nitrogens with zero attached hydrogens (tertiary/aromatic N) is 2. The highest BCUT2D eigenvalue weighted by atomic mass is 16.5. The fraction of sp³-hybridized carbons (Fsp3) is 0.600. The summed E-state index contributed by atoms with van der Waals surface area (Å²) in [6.07, 6.45) is 0. The van der Waals surface area contributed by atoms with Gasteiger partial charge in [0.15, 0.2) is 11.5 Å². The van der Waals surface area contributed by atoms with Crippen LogP contribution in [0.4, 0.5) is 0 Å². The van der Waals surface area contributed by atoms with E-state index in [1.807, 2.05) is 0 Å². The average molecular weight is 226 g/mol. The Bertz CT molecular complexity index is 357. The minimum atomic E-state index is -0.116. The Morgan fingerprint density at radius 2 is 2.31 bits per heavy atom. The fourth-order valence-corrected chi connectivity index (χ4v) is 1.55. The quantitative estimate of drug-likeness (QED) is 0.741. The van der Waals surface area contributed by atoms with Crippen LogP contribution in [0.2, 0.25) is 0 Å². The van der Waals surface area contributed by atoms with Gasteiger partial charge in [0, 0.05) is 26.3 Å². The molecule has 2 heterocycles. The number of morpholine rings is 1. The van der Waals surface area contributed by atoms with E-state index in [9.17, 15) is 4.79 Å². The Labute approximate surface area is 93.1 Å². The van der Waals surface area contributed by atoms with Crippen LogP contribution in [-0.4, -0.2) is 49.4 Å². The van der Waals surface area contributed by atoms with Crippen molar-refractivity contribution in [3.63, 3.8) is 0 Å². The third kappa shape index (κ3) is 2.40. The lowest BCUT2D eigenvalue weighted by molar-refractivity contribution is 0.0296. The fourth-order valence-electron chi connectivity index (χ4n) is 1.55. The smallest absolute Gasteiger partial charge is 0.276 e. The van der Waals surface area contributed by atoms with E-state index in [2.05, 4.69) is 5.16 Å². The van der Waals surface area contributed by atoms with E-state index < -0.39 is 0 Å². The molecule has 1 fully saturated rings. The molecule has 0 N–H and O–H groups in total. The molecular weight excluding hydrogens is 212 g/mol. The van der Waals surface area contributed by atoms with Gasteiger partial charge in [0.25, 0.3) is 5.91 Å². The highest BCUT2D eigenvalue weighted by Gasteiger charge is 2.21. The molecule has 1 aromatic rings.